The zero-order chi connectivity index (χ0) is 11.2. The van der Waals surface area contributed by atoms with Crippen LogP contribution in [0.25, 0.3) is 0 Å². The molecule has 0 aromatic carbocycles. The molecule has 1 spiro atoms. The fourth-order valence-electron chi connectivity index (χ4n) is 4.82. The van der Waals surface area contributed by atoms with Crippen LogP contribution in [-0.4, -0.2) is 23.4 Å². The second-order valence-electron chi connectivity index (χ2n) is 7.23. The first kappa shape index (κ1) is 9.90. The summed E-state index contributed by atoms with van der Waals surface area (Å²) in [6.45, 7) is 7.01. The highest BCUT2D eigenvalue weighted by atomic mass is 16.6. The van der Waals surface area contributed by atoms with E-state index in [1.165, 1.54) is 32.1 Å². The third kappa shape index (κ3) is 0.932. The maximum Gasteiger partial charge on any atom is 0.114 e. The SMILES string of the molecule is CC1(C)O[C@]23C[C@H]1CC[C@]2(C)CC[C@@H]1O[C@@H]13. The number of rotatable bonds is 0. The van der Waals surface area contributed by atoms with Gasteiger partial charge in [0.25, 0.3) is 0 Å². The quantitative estimate of drug-likeness (QED) is 0.588. The van der Waals surface area contributed by atoms with E-state index in [0.29, 0.717) is 17.6 Å². The Morgan fingerprint density at radius 1 is 1.06 bits per heavy atom. The summed E-state index contributed by atoms with van der Waals surface area (Å²) in [5.41, 5.74) is 0.531. The van der Waals surface area contributed by atoms with Crippen LogP contribution < -0.4 is 0 Å². The van der Waals surface area contributed by atoms with Crippen molar-refractivity contribution >= 4 is 0 Å². The van der Waals surface area contributed by atoms with Gasteiger partial charge in [0.1, 0.15) is 11.7 Å². The Balaban J connectivity index is 1.81. The maximum absolute atomic E-state index is 6.60. The van der Waals surface area contributed by atoms with Gasteiger partial charge in [-0.15, -0.1) is 0 Å². The van der Waals surface area contributed by atoms with Gasteiger partial charge in [-0.25, -0.2) is 0 Å². The minimum atomic E-state index is 0.0718. The lowest BCUT2D eigenvalue weighted by Crippen LogP contribution is -2.55. The summed E-state index contributed by atoms with van der Waals surface area (Å²) in [6.07, 6.45) is 7.46. The first-order valence-electron chi connectivity index (χ1n) is 6.83. The van der Waals surface area contributed by atoms with Crippen molar-refractivity contribution < 1.29 is 9.47 Å². The normalized spacial score (nSPS) is 61.3. The lowest BCUT2D eigenvalue weighted by molar-refractivity contribution is -0.166. The van der Waals surface area contributed by atoms with Crippen LogP contribution in [-0.2, 0) is 9.47 Å². The van der Waals surface area contributed by atoms with E-state index in [4.69, 9.17) is 9.47 Å². The van der Waals surface area contributed by atoms with Gasteiger partial charge >= 0.3 is 0 Å². The van der Waals surface area contributed by atoms with Gasteiger partial charge in [0, 0.05) is 0 Å². The molecule has 2 heteroatoms. The van der Waals surface area contributed by atoms with Gasteiger partial charge < -0.3 is 9.47 Å². The Bertz CT molecular complexity index is 351. The van der Waals surface area contributed by atoms with E-state index in [1.54, 1.807) is 0 Å². The lowest BCUT2D eigenvalue weighted by Gasteiger charge is -2.50. The molecular formula is C14H22O2. The van der Waals surface area contributed by atoms with Gasteiger partial charge in [-0.05, 0) is 57.3 Å². The standard InChI is InChI=1S/C14H22O2/c1-12(2)9-4-6-13(3)7-5-10-11(15-10)14(13,8-9)16-12/h9-11H,4-8H2,1-3H3/t9-,10+,11+,13-,14+/m1/s1. The van der Waals surface area contributed by atoms with E-state index in [-0.39, 0.29) is 11.2 Å². The zero-order valence-corrected chi connectivity index (χ0v) is 10.6. The molecule has 2 heterocycles. The Morgan fingerprint density at radius 2 is 1.81 bits per heavy atom. The second-order valence-corrected chi connectivity index (χ2v) is 7.23. The molecule has 2 saturated carbocycles. The number of fused-ring (bicyclic) bond motifs is 2. The fraction of sp³-hybridized carbons (Fsp3) is 1.00. The first-order chi connectivity index (χ1) is 7.47. The van der Waals surface area contributed by atoms with Crippen LogP contribution >= 0.6 is 0 Å². The van der Waals surface area contributed by atoms with Crippen molar-refractivity contribution in [2.75, 3.05) is 0 Å². The molecule has 2 aliphatic heterocycles. The van der Waals surface area contributed by atoms with E-state index in [2.05, 4.69) is 20.8 Å². The van der Waals surface area contributed by atoms with Crippen molar-refractivity contribution in [3.05, 3.63) is 0 Å². The van der Waals surface area contributed by atoms with Crippen LogP contribution in [0.5, 0.6) is 0 Å². The van der Waals surface area contributed by atoms with Gasteiger partial charge in [-0.1, -0.05) is 6.92 Å². The second kappa shape index (κ2) is 2.51. The Morgan fingerprint density at radius 3 is 2.62 bits per heavy atom. The third-order valence-corrected chi connectivity index (χ3v) is 6.07. The highest BCUT2D eigenvalue weighted by Gasteiger charge is 2.73. The molecule has 2 saturated heterocycles. The Labute approximate surface area is 97.7 Å². The summed E-state index contributed by atoms with van der Waals surface area (Å²) >= 11 is 0. The number of epoxide rings is 1. The van der Waals surface area contributed by atoms with Crippen molar-refractivity contribution in [3.63, 3.8) is 0 Å². The molecule has 4 rings (SSSR count). The summed E-state index contributed by atoms with van der Waals surface area (Å²) in [6, 6.07) is 0. The smallest absolute Gasteiger partial charge is 0.114 e. The van der Waals surface area contributed by atoms with Crippen LogP contribution in [0.2, 0.25) is 0 Å². The predicted octanol–water partition coefficient (Wildman–Crippen LogP) is 2.90. The topological polar surface area (TPSA) is 21.8 Å². The monoisotopic (exact) mass is 222 g/mol. The summed E-state index contributed by atoms with van der Waals surface area (Å²) in [5, 5.41) is 0. The number of ether oxygens (including phenoxy) is 2. The molecule has 2 nitrogen and oxygen atoms in total. The zero-order valence-electron chi connectivity index (χ0n) is 10.6. The molecule has 90 valence electrons. The van der Waals surface area contributed by atoms with Crippen molar-refractivity contribution in [2.45, 2.75) is 76.3 Å². The molecule has 4 aliphatic rings. The fourth-order valence-corrected chi connectivity index (χ4v) is 4.82. The minimum Gasteiger partial charge on any atom is -0.366 e. The van der Waals surface area contributed by atoms with E-state index in [9.17, 15) is 0 Å². The molecule has 2 bridgehead atoms. The van der Waals surface area contributed by atoms with Gasteiger partial charge in [0.05, 0.1) is 11.7 Å². The summed E-state index contributed by atoms with van der Waals surface area (Å²) in [4.78, 5) is 0. The first-order valence-corrected chi connectivity index (χ1v) is 6.83. The largest absolute Gasteiger partial charge is 0.366 e. The summed E-state index contributed by atoms with van der Waals surface area (Å²) in [7, 11) is 0. The van der Waals surface area contributed by atoms with Gasteiger partial charge in [0.15, 0.2) is 0 Å². The van der Waals surface area contributed by atoms with Crippen LogP contribution in [0.3, 0.4) is 0 Å². The molecule has 16 heavy (non-hydrogen) atoms. The average Bonchev–Trinajstić information content (AvgIpc) is 2.94. The highest BCUT2D eigenvalue weighted by Crippen LogP contribution is 2.67. The van der Waals surface area contributed by atoms with Gasteiger partial charge in [0.2, 0.25) is 0 Å². The Hall–Kier alpha value is -0.0800. The van der Waals surface area contributed by atoms with E-state index in [1.807, 2.05) is 0 Å². The number of hydrogen-bond donors (Lipinski definition) is 0. The lowest BCUT2D eigenvalue weighted by atomic mass is 9.56. The Kier molecular flexibility index (Phi) is 1.55. The molecule has 2 aliphatic carbocycles. The number of hydrogen-bond acceptors (Lipinski definition) is 2. The summed E-state index contributed by atoms with van der Waals surface area (Å²) in [5.74, 6) is 0.753. The average molecular weight is 222 g/mol. The molecule has 4 fully saturated rings. The molecule has 5 atom stereocenters. The molecular weight excluding hydrogens is 200 g/mol. The van der Waals surface area contributed by atoms with Crippen LogP contribution in [0.15, 0.2) is 0 Å². The van der Waals surface area contributed by atoms with E-state index in [0.717, 1.165) is 5.92 Å². The molecule has 0 aromatic rings. The third-order valence-electron chi connectivity index (χ3n) is 6.07. The van der Waals surface area contributed by atoms with Crippen LogP contribution in [0, 0.1) is 11.3 Å². The van der Waals surface area contributed by atoms with Crippen molar-refractivity contribution in [1.29, 1.82) is 0 Å². The molecule has 0 radical (unpaired) electrons. The van der Waals surface area contributed by atoms with Gasteiger partial charge in [-0.2, -0.15) is 0 Å². The predicted molar refractivity (Wildman–Crippen MR) is 61.2 cm³/mol. The van der Waals surface area contributed by atoms with E-state index >= 15 is 0 Å². The summed E-state index contributed by atoms with van der Waals surface area (Å²) < 4.78 is 12.5. The van der Waals surface area contributed by atoms with Crippen molar-refractivity contribution in [3.8, 4) is 0 Å². The van der Waals surface area contributed by atoms with Crippen molar-refractivity contribution in [1.82, 2.24) is 0 Å². The maximum atomic E-state index is 6.60. The molecule has 0 aromatic heterocycles. The van der Waals surface area contributed by atoms with E-state index < -0.39 is 0 Å². The highest BCUT2D eigenvalue weighted by molar-refractivity contribution is 5.21. The van der Waals surface area contributed by atoms with Gasteiger partial charge in [-0.3, -0.25) is 0 Å². The van der Waals surface area contributed by atoms with Crippen molar-refractivity contribution in [2.24, 2.45) is 11.3 Å². The molecule has 0 unspecified atom stereocenters. The molecule has 0 N–H and O–H groups in total. The molecule has 0 amide bonds. The minimum absolute atomic E-state index is 0.0718. The van der Waals surface area contributed by atoms with Crippen LogP contribution in [0.4, 0.5) is 0 Å². The van der Waals surface area contributed by atoms with Crippen LogP contribution in [0.1, 0.15) is 52.9 Å².